The van der Waals surface area contributed by atoms with Gasteiger partial charge in [-0.2, -0.15) is 4.98 Å². The van der Waals surface area contributed by atoms with Gasteiger partial charge in [0.05, 0.1) is 0 Å². The molecule has 0 saturated carbocycles. The number of nitrogens with zero attached hydrogens (tertiary/aromatic N) is 3. The molecule has 1 amide bonds. The molecule has 3 aromatic heterocycles. The largest absolute Gasteiger partial charge is 0.361 e. The number of H-pyrrole nitrogens is 1. The van der Waals surface area contributed by atoms with E-state index in [1.54, 1.807) is 12.4 Å². The molecule has 0 spiro atoms. The molecule has 33 heavy (non-hydrogen) atoms. The molecule has 0 aliphatic carbocycles. The summed E-state index contributed by atoms with van der Waals surface area (Å²) < 4.78 is 5.30. The zero-order valence-corrected chi connectivity index (χ0v) is 17.9. The van der Waals surface area contributed by atoms with Gasteiger partial charge in [-0.15, -0.1) is 0 Å². The lowest BCUT2D eigenvalue weighted by atomic mass is 9.91. The van der Waals surface area contributed by atoms with Crippen LogP contribution < -0.4 is 5.32 Å². The second-order valence-corrected chi connectivity index (χ2v) is 7.81. The second-order valence-electron chi connectivity index (χ2n) is 7.81. The molecule has 0 aliphatic heterocycles. The van der Waals surface area contributed by atoms with Gasteiger partial charge in [-0.25, -0.2) is 0 Å². The van der Waals surface area contributed by atoms with Crippen molar-refractivity contribution in [3.8, 4) is 11.4 Å². The third kappa shape index (κ3) is 4.67. The predicted molar refractivity (Wildman–Crippen MR) is 125 cm³/mol. The van der Waals surface area contributed by atoms with Crippen LogP contribution in [-0.2, 0) is 11.2 Å². The van der Waals surface area contributed by atoms with Crippen LogP contribution in [0.5, 0.6) is 0 Å². The van der Waals surface area contributed by atoms with E-state index in [9.17, 15) is 4.79 Å². The van der Waals surface area contributed by atoms with Crippen LogP contribution in [0, 0.1) is 0 Å². The second kappa shape index (κ2) is 9.48. The molecule has 1 atom stereocenters. The van der Waals surface area contributed by atoms with E-state index < -0.39 is 0 Å². The summed E-state index contributed by atoms with van der Waals surface area (Å²) >= 11 is 0. The normalized spacial score (nSPS) is 12.0. The molecule has 7 heteroatoms. The molecule has 0 fully saturated rings. The van der Waals surface area contributed by atoms with Gasteiger partial charge in [-0.05, 0) is 29.3 Å². The highest BCUT2D eigenvalue weighted by atomic mass is 16.5. The number of pyridine rings is 1. The van der Waals surface area contributed by atoms with E-state index in [0.717, 1.165) is 27.6 Å². The quantitative estimate of drug-likeness (QED) is 0.373. The van der Waals surface area contributed by atoms with Crippen molar-refractivity contribution in [2.75, 3.05) is 6.54 Å². The fraction of sp³-hybridized carbons (Fsp3) is 0.154. The molecule has 164 valence electrons. The fourth-order valence-electron chi connectivity index (χ4n) is 3.97. The lowest BCUT2D eigenvalue weighted by Gasteiger charge is -2.18. The Kier molecular flexibility index (Phi) is 5.93. The number of aromatic amines is 1. The summed E-state index contributed by atoms with van der Waals surface area (Å²) in [5, 5.41) is 8.23. The van der Waals surface area contributed by atoms with Crippen LogP contribution in [-0.4, -0.2) is 32.6 Å². The van der Waals surface area contributed by atoms with Crippen LogP contribution in [0.1, 0.15) is 29.4 Å². The number of hydrogen-bond donors (Lipinski definition) is 2. The first-order valence-corrected chi connectivity index (χ1v) is 10.9. The molecule has 3 heterocycles. The molecule has 2 aromatic carbocycles. The molecule has 0 radical (unpaired) electrons. The maximum atomic E-state index is 12.6. The van der Waals surface area contributed by atoms with Crippen molar-refractivity contribution in [1.82, 2.24) is 25.4 Å². The smallest absolute Gasteiger partial charge is 0.227 e. The maximum absolute atomic E-state index is 12.6. The van der Waals surface area contributed by atoms with Gasteiger partial charge in [-0.1, -0.05) is 53.7 Å². The number of hydrogen-bond acceptors (Lipinski definition) is 5. The zero-order valence-electron chi connectivity index (χ0n) is 17.9. The first-order chi connectivity index (χ1) is 16.3. The zero-order chi connectivity index (χ0) is 22.5. The highest BCUT2D eigenvalue weighted by molar-refractivity contribution is 5.84. The Bertz CT molecular complexity index is 1340. The lowest BCUT2D eigenvalue weighted by molar-refractivity contribution is -0.121. The number of aromatic nitrogens is 4. The first-order valence-electron chi connectivity index (χ1n) is 10.9. The minimum atomic E-state index is -0.0584. The van der Waals surface area contributed by atoms with Gasteiger partial charge >= 0.3 is 0 Å². The van der Waals surface area contributed by atoms with Crippen LogP contribution in [0.3, 0.4) is 0 Å². The van der Waals surface area contributed by atoms with Crippen molar-refractivity contribution in [3.63, 3.8) is 0 Å². The van der Waals surface area contributed by atoms with Gasteiger partial charge in [0.25, 0.3) is 0 Å². The fourth-order valence-corrected chi connectivity index (χ4v) is 3.97. The van der Waals surface area contributed by atoms with Crippen molar-refractivity contribution in [2.45, 2.75) is 18.8 Å². The van der Waals surface area contributed by atoms with Crippen LogP contribution in [0.15, 0.2) is 89.8 Å². The summed E-state index contributed by atoms with van der Waals surface area (Å²) in [6, 6.07) is 22.1. The minimum Gasteiger partial charge on any atom is -0.361 e. The van der Waals surface area contributed by atoms with Gasteiger partial charge in [-0.3, -0.25) is 9.78 Å². The number of aryl methyl sites for hydroxylation is 1. The van der Waals surface area contributed by atoms with Crippen molar-refractivity contribution in [2.24, 2.45) is 0 Å². The molecule has 7 nitrogen and oxygen atoms in total. The van der Waals surface area contributed by atoms with Gasteiger partial charge in [0, 0.05) is 60.4 Å². The molecule has 0 bridgehead atoms. The number of rotatable bonds is 8. The summed E-state index contributed by atoms with van der Waals surface area (Å²) in [6.45, 7) is 0.495. The molecule has 1 unspecified atom stereocenters. The number of amides is 1. The third-order valence-corrected chi connectivity index (χ3v) is 5.66. The van der Waals surface area contributed by atoms with E-state index in [2.05, 4.69) is 49.7 Å². The summed E-state index contributed by atoms with van der Waals surface area (Å²) in [5.74, 6) is 0.881. The van der Waals surface area contributed by atoms with Crippen molar-refractivity contribution >= 4 is 16.8 Å². The van der Waals surface area contributed by atoms with E-state index in [4.69, 9.17) is 4.52 Å². The number of para-hydroxylation sites is 1. The Morgan fingerprint density at radius 3 is 2.73 bits per heavy atom. The summed E-state index contributed by atoms with van der Waals surface area (Å²) in [7, 11) is 0. The van der Waals surface area contributed by atoms with Crippen molar-refractivity contribution < 1.29 is 9.32 Å². The van der Waals surface area contributed by atoms with Crippen LogP contribution in [0.4, 0.5) is 0 Å². The lowest BCUT2D eigenvalue weighted by Crippen LogP contribution is -2.29. The highest BCUT2D eigenvalue weighted by Crippen LogP contribution is 2.30. The summed E-state index contributed by atoms with van der Waals surface area (Å²) in [4.78, 5) is 24.4. The van der Waals surface area contributed by atoms with Crippen LogP contribution in [0.25, 0.3) is 22.3 Å². The number of benzene rings is 2. The Hall–Kier alpha value is -4.26. The molecular weight excluding hydrogens is 414 g/mol. The number of carbonyl (C=O) groups is 1. The average molecular weight is 438 g/mol. The number of fused-ring (bicyclic) bond motifs is 1. The SMILES string of the molecule is O=C(CCc1nc(-c2cccnc2)no1)NCC(c1ccccc1)c1c[nH]c2ccccc12. The van der Waals surface area contributed by atoms with E-state index in [1.807, 2.05) is 48.7 Å². The highest BCUT2D eigenvalue weighted by Gasteiger charge is 2.19. The minimum absolute atomic E-state index is 0.0342. The summed E-state index contributed by atoms with van der Waals surface area (Å²) in [5.41, 5.74) is 4.18. The van der Waals surface area contributed by atoms with Gasteiger partial charge in [0.2, 0.25) is 17.6 Å². The number of carbonyl (C=O) groups excluding carboxylic acids is 1. The Labute approximate surface area is 190 Å². The molecular formula is C26H23N5O2. The molecule has 5 aromatic rings. The molecule has 2 N–H and O–H groups in total. The van der Waals surface area contributed by atoms with Crippen molar-refractivity contribution in [3.05, 3.63) is 102 Å². The average Bonchev–Trinajstić information content (AvgIpc) is 3.52. The number of nitrogens with one attached hydrogen (secondary N) is 2. The standard InChI is InChI=1S/C26H23N5O2/c32-24(12-13-25-30-26(31-33-25)19-9-6-14-27-15-19)29-16-21(18-7-2-1-3-8-18)22-17-28-23-11-5-4-10-20(22)23/h1-11,14-15,17,21,28H,12-13,16H2,(H,29,32). The van der Waals surface area contributed by atoms with Crippen LogP contribution >= 0.6 is 0 Å². The van der Waals surface area contributed by atoms with E-state index in [1.165, 1.54) is 0 Å². The maximum Gasteiger partial charge on any atom is 0.227 e. The third-order valence-electron chi connectivity index (χ3n) is 5.66. The van der Waals surface area contributed by atoms with E-state index >= 15 is 0 Å². The van der Waals surface area contributed by atoms with Crippen molar-refractivity contribution in [1.29, 1.82) is 0 Å². The predicted octanol–water partition coefficient (Wildman–Crippen LogP) is 4.49. The van der Waals surface area contributed by atoms with E-state index in [0.29, 0.717) is 24.7 Å². The molecule has 0 saturated heterocycles. The molecule has 5 rings (SSSR count). The monoisotopic (exact) mass is 437 g/mol. The summed E-state index contributed by atoms with van der Waals surface area (Å²) in [6.07, 6.45) is 6.04. The first kappa shape index (κ1) is 20.6. The van der Waals surface area contributed by atoms with Crippen LogP contribution in [0.2, 0.25) is 0 Å². The van der Waals surface area contributed by atoms with Gasteiger partial charge < -0.3 is 14.8 Å². The Balaban J connectivity index is 1.25. The van der Waals surface area contributed by atoms with Gasteiger partial charge in [0.15, 0.2) is 0 Å². The topological polar surface area (TPSA) is 96.7 Å². The van der Waals surface area contributed by atoms with Gasteiger partial charge in [0.1, 0.15) is 0 Å². The Morgan fingerprint density at radius 2 is 1.88 bits per heavy atom. The molecule has 0 aliphatic rings. The Morgan fingerprint density at radius 1 is 1.03 bits per heavy atom. The van der Waals surface area contributed by atoms with E-state index in [-0.39, 0.29) is 18.2 Å².